The van der Waals surface area contributed by atoms with Gasteiger partial charge in [0.1, 0.15) is 0 Å². The lowest BCUT2D eigenvalue weighted by Gasteiger charge is -2.16. The van der Waals surface area contributed by atoms with Crippen LogP contribution < -0.4 is 0 Å². The van der Waals surface area contributed by atoms with Gasteiger partial charge in [-0.1, -0.05) is 105 Å². The molecule has 0 saturated heterocycles. The lowest BCUT2D eigenvalue weighted by Crippen LogP contribution is -1.98. The summed E-state index contributed by atoms with van der Waals surface area (Å²) in [5.74, 6) is 0. The first-order valence-electron chi connectivity index (χ1n) is 9.49. The second-order valence-electron chi connectivity index (χ2n) is 6.94. The molecular formula is C27H30. The van der Waals surface area contributed by atoms with Crippen LogP contribution in [0.25, 0.3) is 11.6 Å². The molecule has 0 N–H and O–H groups in total. The molecule has 0 aliphatic heterocycles. The van der Waals surface area contributed by atoms with E-state index in [0.717, 1.165) is 29.6 Å². The maximum absolute atomic E-state index is 4.40. The predicted molar refractivity (Wildman–Crippen MR) is 122 cm³/mol. The molecule has 0 heterocycles. The minimum Gasteiger partial charge on any atom is -0.0991 e. The van der Waals surface area contributed by atoms with Crippen LogP contribution in [-0.4, -0.2) is 0 Å². The lowest BCUT2D eigenvalue weighted by molar-refractivity contribution is 1.18. The first-order valence-corrected chi connectivity index (χ1v) is 9.49. The Morgan fingerprint density at radius 2 is 1.74 bits per heavy atom. The zero-order valence-electron chi connectivity index (χ0n) is 16.9. The monoisotopic (exact) mass is 354 g/mol. The molecule has 0 nitrogen and oxygen atoms in total. The molecule has 27 heavy (non-hydrogen) atoms. The van der Waals surface area contributed by atoms with Crippen molar-refractivity contribution in [2.24, 2.45) is 0 Å². The van der Waals surface area contributed by atoms with E-state index >= 15 is 0 Å². The Labute approximate surface area is 165 Å². The largest absolute Gasteiger partial charge is 0.0991 e. The van der Waals surface area contributed by atoms with Crippen LogP contribution in [0, 0.1) is 13.8 Å². The zero-order chi connectivity index (χ0) is 19.8. The van der Waals surface area contributed by atoms with Gasteiger partial charge in [-0.25, -0.2) is 0 Å². The van der Waals surface area contributed by atoms with E-state index in [1.54, 1.807) is 6.08 Å². The minimum absolute atomic E-state index is 0.811. The lowest BCUT2D eigenvalue weighted by atomic mass is 9.89. The number of aryl methyl sites for hydroxylation is 1. The summed E-state index contributed by atoms with van der Waals surface area (Å²) in [4.78, 5) is 0. The third-order valence-corrected chi connectivity index (χ3v) is 4.67. The predicted octanol–water partition coefficient (Wildman–Crippen LogP) is 7.63. The van der Waals surface area contributed by atoms with Gasteiger partial charge in [-0.3, -0.25) is 0 Å². The number of hydrogen-bond acceptors (Lipinski definition) is 0. The molecule has 0 unspecified atom stereocenters. The average molecular weight is 355 g/mol. The standard InChI is InChI=1S/C27H30/c1-7-9-11-21(4)17-24-18-26(12-10-8-2)23(6)27(19-24)22(5)25-15-13-20(3)14-16-25/h7,9-16,18-19H,1,4-5,8,17H2,2-3,6H3/b11-9-,12-10-. The second-order valence-corrected chi connectivity index (χ2v) is 6.94. The third-order valence-electron chi connectivity index (χ3n) is 4.67. The Morgan fingerprint density at radius 3 is 2.37 bits per heavy atom. The van der Waals surface area contributed by atoms with Gasteiger partial charge in [-0.15, -0.1) is 0 Å². The highest BCUT2D eigenvalue weighted by Crippen LogP contribution is 2.29. The van der Waals surface area contributed by atoms with Crippen molar-refractivity contribution in [3.63, 3.8) is 0 Å². The van der Waals surface area contributed by atoms with E-state index in [4.69, 9.17) is 0 Å². The Bertz CT molecular complexity index is 886. The SMILES string of the molecule is C=C/C=C\C(=C)Cc1cc(/C=C\CC)c(C)c(C(=C)c2ccc(C)cc2)c1. The summed E-state index contributed by atoms with van der Waals surface area (Å²) in [7, 11) is 0. The van der Waals surface area contributed by atoms with Crippen LogP contribution in [0.3, 0.4) is 0 Å². The quantitative estimate of drug-likeness (QED) is 0.427. The molecule has 0 aliphatic carbocycles. The Hall–Kier alpha value is -2.86. The fourth-order valence-corrected chi connectivity index (χ4v) is 3.07. The van der Waals surface area contributed by atoms with E-state index in [-0.39, 0.29) is 0 Å². The van der Waals surface area contributed by atoms with Crippen molar-refractivity contribution in [2.45, 2.75) is 33.6 Å². The number of rotatable bonds is 8. The Balaban J connectivity index is 2.49. The topological polar surface area (TPSA) is 0 Å². The van der Waals surface area contributed by atoms with Crippen LogP contribution in [0.1, 0.15) is 46.7 Å². The van der Waals surface area contributed by atoms with E-state index in [1.807, 2.05) is 12.2 Å². The maximum atomic E-state index is 4.40. The molecule has 0 aliphatic rings. The first-order chi connectivity index (χ1) is 13.0. The molecule has 0 amide bonds. The Kier molecular flexibility index (Phi) is 7.37. The molecule has 2 aromatic carbocycles. The second kappa shape index (κ2) is 9.73. The molecule has 0 spiro atoms. The van der Waals surface area contributed by atoms with Gasteiger partial charge in [0.25, 0.3) is 0 Å². The van der Waals surface area contributed by atoms with E-state index in [2.05, 4.69) is 89.1 Å². The molecule has 0 atom stereocenters. The molecular weight excluding hydrogens is 324 g/mol. The van der Waals surface area contributed by atoms with Crippen LogP contribution in [0.15, 0.2) is 86.0 Å². The van der Waals surface area contributed by atoms with Crippen molar-refractivity contribution in [3.8, 4) is 0 Å². The molecule has 0 aromatic heterocycles. The van der Waals surface area contributed by atoms with Crippen LogP contribution in [0.2, 0.25) is 0 Å². The summed E-state index contributed by atoms with van der Waals surface area (Å²) >= 11 is 0. The van der Waals surface area contributed by atoms with E-state index in [9.17, 15) is 0 Å². The summed E-state index contributed by atoms with van der Waals surface area (Å²) in [5.41, 5.74) is 9.51. The maximum Gasteiger partial charge on any atom is -0.00312 e. The van der Waals surface area contributed by atoms with Gasteiger partial charge in [0.2, 0.25) is 0 Å². The molecule has 138 valence electrons. The number of hydrogen-bond donors (Lipinski definition) is 0. The van der Waals surface area contributed by atoms with Gasteiger partial charge in [-0.2, -0.15) is 0 Å². The smallest absolute Gasteiger partial charge is 0.00312 e. The van der Waals surface area contributed by atoms with Crippen molar-refractivity contribution >= 4 is 11.6 Å². The van der Waals surface area contributed by atoms with Gasteiger partial charge in [0.15, 0.2) is 0 Å². The number of benzene rings is 2. The van der Waals surface area contributed by atoms with E-state index < -0.39 is 0 Å². The van der Waals surface area contributed by atoms with Crippen LogP contribution in [-0.2, 0) is 6.42 Å². The normalized spacial score (nSPS) is 11.2. The van der Waals surface area contributed by atoms with E-state index in [0.29, 0.717) is 0 Å². The van der Waals surface area contributed by atoms with Crippen molar-refractivity contribution in [3.05, 3.63) is 119 Å². The summed E-state index contributed by atoms with van der Waals surface area (Å²) < 4.78 is 0. The van der Waals surface area contributed by atoms with Crippen LogP contribution in [0.4, 0.5) is 0 Å². The zero-order valence-corrected chi connectivity index (χ0v) is 16.9. The summed E-state index contributed by atoms with van der Waals surface area (Å²) in [6.45, 7) is 18.7. The van der Waals surface area contributed by atoms with Crippen LogP contribution >= 0.6 is 0 Å². The molecule has 2 rings (SSSR count). The average Bonchev–Trinajstić information content (AvgIpc) is 2.66. The van der Waals surface area contributed by atoms with Gasteiger partial charge in [0.05, 0.1) is 0 Å². The van der Waals surface area contributed by atoms with Gasteiger partial charge >= 0.3 is 0 Å². The van der Waals surface area contributed by atoms with Crippen LogP contribution in [0.5, 0.6) is 0 Å². The third kappa shape index (κ3) is 5.56. The van der Waals surface area contributed by atoms with Crippen molar-refractivity contribution in [1.29, 1.82) is 0 Å². The fraction of sp³-hybridized carbons (Fsp3) is 0.185. The molecule has 0 saturated carbocycles. The van der Waals surface area contributed by atoms with E-state index in [1.165, 1.54) is 27.8 Å². The highest BCUT2D eigenvalue weighted by molar-refractivity contribution is 5.82. The minimum atomic E-state index is 0.811. The van der Waals surface area contributed by atoms with Gasteiger partial charge in [0, 0.05) is 0 Å². The van der Waals surface area contributed by atoms with Gasteiger partial charge < -0.3 is 0 Å². The first kappa shape index (κ1) is 20.5. The highest BCUT2D eigenvalue weighted by Gasteiger charge is 2.11. The summed E-state index contributed by atoms with van der Waals surface area (Å²) in [6, 6.07) is 13.1. The molecule has 0 radical (unpaired) electrons. The summed E-state index contributed by atoms with van der Waals surface area (Å²) in [6.07, 6.45) is 12.0. The van der Waals surface area contributed by atoms with Crippen molar-refractivity contribution < 1.29 is 0 Å². The van der Waals surface area contributed by atoms with Crippen molar-refractivity contribution in [2.75, 3.05) is 0 Å². The Morgan fingerprint density at radius 1 is 1.04 bits per heavy atom. The number of allylic oxidation sites excluding steroid dienone is 5. The summed E-state index contributed by atoms with van der Waals surface area (Å²) in [5, 5.41) is 0. The van der Waals surface area contributed by atoms with Crippen molar-refractivity contribution in [1.82, 2.24) is 0 Å². The molecule has 0 bridgehead atoms. The molecule has 2 aromatic rings. The fourth-order valence-electron chi connectivity index (χ4n) is 3.07. The molecule has 0 fully saturated rings. The van der Waals surface area contributed by atoms with Gasteiger partial charge in [-0.05, 0) is 60.1 Å². The highest BCUT2D eigenvalue weighted by atomic mass is 14.2. The molecule has 0 heteroatoms.